The summed E-state index contributed by atoms with van der Waals surface area (Å²) < 4.78 is 82.8. The number of ether oxygens (including phenoxy) is 1. The molecule has 9 heteroatoms. The first-order valence-electron chi connectivity index (χ1n) is 9.01. The molecular weight excluding hydrogens is 410 g/mol. The molecule has 0 unspecified atom stereocenters. The predicted octanol–water partition coefficient (Wildman–Crippen LogP) is 6.85. The van der Waals surface area contributed by atoms with Crippen molar-refractivity contribution in [1.82, 2.24) is 9.97 Å². The van der Waals surface area contributed by atoms with Crippen molar-refractivity contribution < 1.29 is 31.1 Å². The third-order valence-electron chi connectivity index (χ3n) is 4.64. The Labute approximate surface area is 167 Å². The molecule has 4 rings (SSSR count). The van der Waals surface area contributed by atoms with Crippen LogP contribution in [0.5, 0.6) is 11.6 Å². The topological polar surface area (TPSA) is 35.0 Å². The van der Waals surface area contributed by atoms with Gasteiger partial charge in [-0.1, -0.05) is 18.2 Å². The van der Waals surface area contributed by atoms with Crippen molar-refractivity contribution in [3.63, 3.8) is 0 Å². The van der Waals surface area contributed by atoms with Crippen LogP contribution in [0.15, 0.2) is 54.7 Å². The summed E-state index contributed by atoms with van der Waals surface area (Å²) >= 11 is 0. The lowest BCUT2D eigenvalue weighted by atomic mass is 10.1. The highest BCUT2D eigenvalue weighted by atomic mass is 19.4. The summed E-state index contributed by atoms with van der Waals surface area (Å²) in [7, 11) is 0. The lowest BCUT2D eigenvalue weighted by Crippen LogP contribution is -2.05. The van der Waals surface area contributed by atoms with Crippen LogP contribution < -0.4 is 4.74 Å². The molecule has 0 bridgehead atoms. The zero-order chi connectivity index (χ0) is 21.5. The third-order valence-corrected chi connectivity index (χ3v) is 4.64. The number of aromatic nitrogens is 2. The Morgan fingerprint density at radius 2 is 1.50 bits per heavy atom. The molecule has 0 spiro atoms. The van der Waals surface area contributed by atoms with Gasteiger partial charge in [-0.25, -0.2) is 4.98 Å². The van der Waals surface area contributed by atoms with Crippen molar-refractivity contribution >= 4 is 0 Å². The fraction of sp³-hybridized carbons (Fsp3) is 0.238. The number of halogens is 6. The molecule has 2 aromatic carbocycles. The van der Waals surface area contributed by atoms with Crippen molar-refractivity contribution in [3.05, 3.63) is 71.4 Å². The molecule has 0 N–H and O–H groups in total. The molecule has 1 aliphatic rings. The number of rotatable bonds is 4. The smallest absolute Gasteiger partial charge is 0.416 e. The summed E-state index contributed by atoms with van der Waals surface area (Å²) in [5.41, 5.74) is -0.673. The lowest BCUT2D eigenvalue weighted by molar-refractivity contribution is -0.138. The van der Waals surface area contributed by atoms with Gasteiger partial charge in [0.1, 0.15) is 5.75 Å². The monoisotopic (exact) mass is 424 g/mol. The summed E-state index contributed by atoms with van der Waals surface area (Å²) in [4.78, 5) is 8.50. The van der Waals surface area contributed by atoms with Crippen LogP contribution in [0.1, 0.15) is 35.4 Å². The van der Waals surface area contributed by atoms with E-state index in [0.717, 1.165) is 37.1 Å². The summed E-state index contributed by atoms with van der Waals surface area (Å²) in [6.07, 6.45) is -5.72. The van der Waals surface area contributed by atoms with E-state index in [1.54, 1.807) is 0 Å². The van der Waals surface area contributed by atoms with Gasteiger partial charge >= 0.3 is 12.4 Å². The van der Waals surface area contributed by atoms with Crippen molar-refractivity contribution in [2.45, 2.75) is 31.1 Å². The van der Waals surface area contributed by atoms with Gasteiger partial charge in [0.2, 0.25) is 5.88 Å². The lowest BCUT2D eigenvalue weighted by Gasteiger charge is -2.13. The van der Waals surface area contributed by atoms with Gasteiger partial charge < -0.3 is 4.74 Å². The van der Waals surface area contributed by atoms with Crippen LogP contribution in [-0.2, 0) is 12.4 Å². The van der Waals surface area contributed by atoms with Crippen molar-refractivity contribution in [3.8, 4) is 23.0 Å². The Morgan fingerprint density at radius 3 is 2.10 bits per heavy atom. The minimum absolute atomic E-state index is 0.0382. The molecule has 1 aromatic heterocycles. The molecule has 1 aliphatic carbocycles. The first-order valence-corrected chi connectivity index (χ1v) is 9.01. The molecule has 0 radical (unpaired) electrons. The number of hydrogen-bond acceptors (Lipinski definition) is 3. The number of hydrogen-bond donors (Lipinski definition) is 0. The summed E-state index contributed by atoms with van der Waals surface area (Å²) in [6, 6.07) is 8.73. The number of alkyl halides is 6. The SMILES string of the molecule is FC(F)(F)c1ccc(-c2ncc(C3CC3)c(Oc3cccc(C(F)(F)F)c3)n2)cc1. The molecule has 0 amide bonds. The van der Waals surface area contributed by atoms with Crippen LogP contribution in [0.25, 0.3) is 11.4 Å². The van der Waals surface area contributed by atoms with Gasteiger partial charge in [0, 0.05) is 17.3 Å². The Morgan fingerprint density at radius 1 is 0.833 bits per heavy atom. The quantitative estimate of drug-likeness (QED) is 0.430. The second kappa shape index (κ2) is 7.30. The Hall–Kier alpha value is -3.10. The van der Waals surface area contributed by atoms with E-state index in [-0.39, 0.29) is 23.4 Å². The van der Waals surface area contributed by atoms with E-state index in [1.165, 1.54) is 30.5 Å². The summed E-state index contributed by atoms with van der Waals surface area (Å²) in [5, 5.41) is 0. The minimum atomic E-state index is -4.52. The molecular formula is C21H14F6N2O. The molecule has 0 aliphatic heterocycles. The van der Waals surface area contributed by atoms with E-state index < -0.39 is 23.5 Å². The Balaban J connectivity index is 1.68. The minimum Gasteiger partial charge on any atom is -0.439 e. The maximum Gasteiger partial charge on any atom is 0.416 e. The Bertz CT molecular complexity index is 1060. The van der Waals surface area contributed by atoms with Crippen LogP contribution in [0.4, 0.5) is 26.3 Å². The number of benzene rings is 2. The van der Waals surface area contributed by atoms with Crippen molar-refractivity contribution in [1.29, 1.82) is 0 Å². The van der Waals surface area contributed by atoms with E-state index in [4.69, 9.17) is 4.74 Å². The van der Waals surface area contributed by atoms with Gasteiger partial charge in [-0.15, -0.1) is 0 Å². The van der Waals surface area contributed by atoms with Gasteiger partial charge in [-0.2, -0.15) is 31.3 Å². The summed E-state index contributed by atoms with van der Waals surface area (Å²) in [5.74, 6) is 0.327. The summed E-state index contributed by atoms with van der Waals surface area (Å²) in [6.45, 7) is 0. The molecule has 1 fully saturated rings. The molecule has 30 heavy (non-hydrogen) atoms. The van der Waals surface area contributed by atoms with Gasteiger partial charge in [0.05, 0.1) is 11.1 Å². The van der Waals surface area contributed by atoms with Gasteiger partial charge in [0.25, 0.3) is 0 Å². The predicted molar refractivity (Wildman–Crippen MR) is 96.0 cm³/mol. The van der Waals surface area contributed by atoms with Gasteiger partial charge in [-0.3, -0.25) is 0 Å². The standard InChI is InChI=1S/C21H14F6N2O/c22-20(23,24)14-8-6-13(7-9-14)18-28-11-17(12-4-5-12)19(29-18)30-16-3-1-2-15(10-16)21(25,26)27/h1-3,6-12H,4-5H2. The Kier molecular flexibility index (Phi) is 4.91. The largest absolute Gasteiger partial charge is 0.439 e. The fourth-order valence-electron chi connectivity index (χ4n) is 2.93. The molecule has 156 valence electrons. The van der Waals surface area contributed by atoms with Gasteiger partial charge in [0.15, 0.2) is 5.82 Å². The maximum absolute atomic E-state index is 13.0. The van der Waals surface area contributed by atoms with Crippen LogP contribution in [-0.4, -0.2) is 9.97 Å². The van der Waals surface area contributed by atoms with E-state index in [9.17, 15) is 26.3 Å². The van der Waals surface area contributed by atoms with Crippen molar-refractivity contribution in [2.24, 2.45) is 0 Å². The van der Waals surface area contributed by atoms with Crippen LogP contribution in [0, 0.1) is 0 Å². The molecule has 1 saturated carbocycles. The fourth-order valence-corrected chi connectivity index (χ4v) is 2.93. The van der Waals surface area contributed by atoms with E-state index >= 15 is 0 Å². The molecule has 0 atom stereocenters. The highest BCUT2D eigenvalue weighted by Crippen LogP contribution is 2.45. The molecule has 0 saturated heterocycles. The molecule has 1 heterocycles. The van der Waals surface area contributed by atoms with Gasteiger partial charge in [-0.05, 0) is 49.1 Å². The molecule has 3 nitrogen and oxygen atoms in total. The van der Waals surface area contributed by atoms with Crippen LogP contribution in [0.3, 0.4) is 0 Å². The average molecular weight is 424 g/mol. The highest BCUT2D eigenvalue weighted by molar-refractivity contribution is 5.57. The van der Waals surface area contributed by atoms with Crippen molar-refractivity contribution in [2.75, 3.05) is 0 Å². The zero-order valence-electron chi connectivity index (χ0n) is 15.3. The first kappa shape index (κ1) is 20.2. The average Bonchev–Trinajstić information content (AvgIpc) is 3.52. The number of nitrogens with zero attached hydrogens (tertiary/aromatic N) is 2. The second-order valence-corrected chi connectivity index (χ2v) is 6.93. The molecule has 3 aromatic rings. The second-order valence-electron chi connectivity index (χ2n) is 6.93. The van der Waals surface area contributed by atoms with E-state index in [2.05, 4.69) is 9.97 Å². The van der Waals surface area contributed by atoms with Crippen LogP contribution in [0.2, 0.25) is 0 Å². The maximum atomic E-state index is 13.0. The normalized spacial score (nSPS) is 14.6. The third kappa shape index (κ3) is 4.39. The zero-order valence-corrected chi connectivity index (χ0v) is 15.3. The van der Waals surface area contributed by atoms with E-state index in [1.807, 2.05) is 0 Å². The van der Waals surface area contributed by atoms with Crippen LogP contribution >= 0.6 is 0 Å². The van der Waals surface area contributed by atoms with E-state index in [0.29, 0.717) is 11.1 Å². The first-order chi connectivity index (χ1) is 14.1. The highest BCUT2D eigenvalue weighted by Gasteiger charge is 2.32.